The Morgan fingerprint density at radius 2 is 1.67 bits per heavy atom. The number of hydrogen-bond donors (Lipinski definition) is 4. The van der Waals surface area contributed by atoms with Gasteiger partial charge < -0.3 is 31.1 Å². The third kappa shape index (κ3) is 7.06. The molecule has 43 heavy (non-hydrogen) atoms. The van der Waals surface area contributed by atoms with E-state index in [0.29, 0.717) is 29.8 Å². The van der Waals surface area contributed by atoms with E-state index >= 15 is 0 Å². The topological polar surface area (TPSA) is 134 Å². The molecule has 3 aromatic carbocycles. The molecule has 0 radical (unpaired) electrons. The zero-order valence-electron chi connectivity index (χ0n) is 24.6. The molecule has 5 rings (SSSR count). The second-order valence-corrected chi connectivity index (χ2v) is 11.3. The number of hydrogen-bond acceptors (Lipinski definition) is 7. The van der Waals surface area contributed by atoms with E-state index in [2.05, 4.69) is 10.6 Å². The number of aryl methyl sites for hydroxylation is 2. The number of nitrogens with two attached hydrogens (primary N) is 1. The van der Waals surface area contributed by atoms with Crippen molar-refractivity contribution in [1.29, 1.82) is 0 Å². The third-order valence-corrected chi connectivity index (χ3v) is 8.44. The van der Waals surface area contributed by atoms with Crippen LogP contribution in [0.4, 0.5) is 5.69 Å². The molecule has 0 aromatic heterocycles. The lowest BCUT2D eigenvalue weighted by Gasteiger charge is -2.37. The summed E-state index contributed by atoms with van der Waals surface area (Å²) in [5.74, 6) is -0.136. The average molecular weight is 585 g/mol. The largest absolute Gasteiger partial charge is 0.495 e. The molecular formula is C34H40N4O5. The number of Topliss-reactive ketones (excluding diaryl/α,β-unsaturated/α-hetero) is 1. The second kappa shape index (κ2) is 13.8. The number of carbonyl (C=O) groups excluding carboxylic acids is 3. The molecule has 3 aromatic rings. The number of carbonyl (C=O) groups is 3. The number of ether oxygens (including phenoxy) is 1. The van der Waals surface area contributed by atoms with Crippen molar-refractivity contribution in [2.45, 2.75) is 69.8 Å². The number of nitrogens with zero attached hydrogens (tertiary/aromatic N) is 1. The number of benzene rings is 3. The molecule has 5 N–H and O–H groups in total. The van der Waals surface area contributed by atoms with E-state index in [0.717, 1.165) is 30.4 Å². The zero-order chi connectivity index (χ0) is 30.3. The van der Waals surface area contributed by atoms with Crippen molar-refractivity contribution in [1.82, 2.24) is 10.2 Å². The molecule has 1 unspecified atom stereocenters. The summed E-state index contributed by atoms with van der Waals surface area (Å²) in [5.41, 5.74) is 11.5. The zero-order valence-corrected chi connectivity index (χ0v) is 24.6. The van der Waals surface area contributed by atoms with Gasteiger partial charge in [0, 0.05) is 31.4 Å². The van der Waals surface area contributed by atoms with Crippen LogP contribution in [0.1, 0.15) is 58.3 Å². The highest BCUT2D eigenvalue weighted by Crippen LogP contribution is 2.34. The smallest absolute Gasteiger partial charge is 0.243 e. The van der Waals surface area contributed by atoms with Gasteiger partial charge in [0.05, 0.1) is 18.8 Å². The van der Waals surface area contributed by atoms with Crippen LogP contribution in [-0.2, 0) is 35.4 Å². The van der Waals surface area contributed by atoms with E-state index in [9.17, 15) is 19.5 Å². The number of fused-ring (bicyclic) bond motifs is 2. The van der Waals surface area contributed by atoms with Crippen LogP contribution in [0.3, 0.4) is 0 Å². The van der Waals surface area contributed by atoms with Gasteiger partial charge in [0.15, 0.2) is 5.78 Å². The van der Waals surface area contributed by atoms with Gasteiger partial charge in [-0.2, -0.15) is 0 Å². The molecule has 1 heterocycles. The van der Waals surface area contributed by atoms with E-state index < -0.39 is 18.3 Å². The van der Waals surface area contributed by atoms with Gasteiger partial charge in [-0.1, -0.05) is 54.6 Å². The Hall–Kier alpha value is -4.21. The van der Waals surface area contributed by atoms with Gasteiger partial charge in [0.25, 0.3) is 0 Å². The van der Waals surface area contributed by atoms with Crippen molar-refractivity contribution < 1.29 is 24.2 Å². The molecule has 226 valence electrons. The Labute approximate surface area is 252 Å². The highest BCUT2D eigenvalue weighted by molar-refractivity contribution is 5.98. The minimum atomic E-state index is -1.15. The minimum absolute atomic E-state index is 0.00575. The van der Waals surface area contributed by atoms with Crippen molar-refractivity contribution in [3.8, 4) is 5.75 Å². The quantitative estimate of drug-likeness (QED) is 0.189. The lowest BCUT2D eigenvalue weighted by Crippen LogP contribution is -2.57. The van der Waals surface area contributed by atoms with Crippen LogP contribution in [0, 0.1) is 0 Å². The number of aliphatic hydroxyl groups excluding tert-OH is 1. The SMILES string of the molecule is COc1cc2c(cc1NC(O)[C@H](CCN)NC(=O)[C@@H]1Cc3ccccc3CN1C(=O)CCC(=O)c1ccccc1)CCC2. The number of amides is 2. The summed E-state index contributed by atoms with van der Waals surface area (Å²) in [5, 5.41) is 17.3. The molecule has 9 heteroatoms. The number of anilines is 1. The number of aliphatic hydroxyl groups is 1. The molecule has 1 aliphatic heterocycles. The van der Waals surface area contributed by atoms with Crippen LogP contribution in [0.5, 0.6) is 5.75 Å². The number of nitrogens with one attached hydrogen (secondary N) is 2. The molecule has 2 amide bonds. The van der Waals surface area contributed by atoms with Gasteiger partial charge in [-0.15, -0.1) is 0 Å². The fourth-order valence-corrected chi connectivity index (χ4v) is 6.06. The maximum Gasteiger partial charge on any atom is 0.243 e. The van der Waals surface area contributed by atoms with E-state index in [1.54, 1.807) is 36.3 Å². The molecule has 9 nitrogen and oxygen atoms in total. The van der Waals surface area contributed by atoms with Crippen molar-refractivity contribution >= 4 is 23.3 Å². The number of ketones is 1. The molecule has 3 atom stereocenters. The summed E-state index contributed by atoms with van der Waals surface area (Å²) in [6, 6.07) is 19.1. The first-order valence-electron chi connectivity index (χ1n) is 15.0. The summed E-state index contributed by atoms with van der Waals surface area (Å²) in [7, 11) is 1.59. The first-order valence-corrected chi connectivity index (χ1v) is 15.0. The number of rotatable bonds is 12. The maximum atomic E-state index is 13.8. The van der Waals surface area contributed by atoms with Crippen LogP contribution in [0.25, 0.3) is 0 Å². The van der Waals surface area contributed by atoms with Gasteiger partial charge in [-0.3, -0.25) is 14.4 Å². The van der Waals surface area contributed by atoms with Crippen LogP contribution in [0.15, 0.2) is 66.7 Å². The predicted octanol–water partition coefficient (Wildman–Crippen LogP) is 3.36. The normalized spacial score (nSPS) is 16.9. The standard InChI is InChI=1S/C34H40N4O5/c1-43-31-20-25-13-7-12-23(25)18-28(31)37-33(41)27(16-17-35)36-34(42)29-19-24-10-5-6-11-26(24)21-38(29)32(40)15-14-30(39)22-8-3-2-4-9-22/h2-6,8-11,18,20,27,29,33,37,41H,7,12-17,19,21,35H2,1H3,(H,36,42)/t27-,29-,33?/m0/s1. The summed E-state index contributed by atoms with van der Waals surface area (Å²) < 4.78 is 5.58. The highest BCUT2D eigenvalue weighted by atomic mass is 16.5. The summed E-state index contributed by atoms with van der Waals surface area (Å²) in [4.78, 5) is 41.6. The molecule has 1 aliphatic carbocycles. The second-order valence-electron chi connectivity index (χ2n) is 11.3. The van der Waals surface area contributed by atoms with Crippen LogP contribution >= 0.6 is 0 Å². The summed E-state index contributed by atoms with van der Waals surface area (Å²) >= 11 is 0. The maximum absolute atomic E-state index is 13.8. The van der Waals surface area contributed by atoms with E-state index in [4.69, 9.17) is 10.5 Å². The van der Waals surface area contributed by atoms with Crippen LogP contribution < -0.4 is 21.1 Å². The lowest BCUT2D eigenvalue weighted by atomic mass is 9.92. The molecule has 0 bridgehead atoms. The Balaban J connectivity index is 1.31. The Kier molecular flexibility index (Phi) is 9.74. The Bertz CT molecular complexity index is 1460. The van der Waals surface area contributed by atoms with Crippen molar-refractivity contribution in [3.63, 3.8) is 0 Å². The fourth-order valence-electron chi connectivity index (χ4n) is 6.06. The Morgan fingerprint density at radius 1 is 0.977 bits per heavy atom. The minimum Gasteiger partial charge on any atom is -0.495 e. The lowest BCUT2D eigenvalue weighted by molar-refractivity contribution is -0.142. The van der Waals surface area contributed by atoms with Crippen molar-refractivity contribution in [3.05, 3.63) is 94.5 Å². The first kappa shape index (κ1) is 30.3. The molecule has 0 spiro atoms. The molecule has 0 fully saturated rings. The fraction of sp³-hybridized carbons (Fsp3) is 0.382. The van der Waals surface area contributed by atoms with Gasteiger partial charge in [0.2, 0.25) is 11.8 Å². The molecular weight excluding hydrogens is 544 g/mol. The van der Waals surface area contributed by atoms with Gasteiger partial charge in [-0.05, 0) is 66.6 Å². The average Bonchev–Trinajstić information content (AvgIpc) is 3.49. The van der Waals surface area contributed by atoms with Crippen molar-refractivity contribution in [2.24, 2.45) is 5.73 Å². The molecule has 0 saturated carbocycles. The summed E-state index contributed by atoms with van der Waals surface area (Å²) in [6.07, 6.45) is 2.59. The summed E-state index contributed by atoms with van der Waals surface area (Å²) in [6.45, 7) is 0.504. The van der Waals surface area contributed by atoms with Gasteiger partial charge >= 0.3 is 0 Å². The van der Waals surface area contributed by atoms with E-state index in [-0.39, 0.29) is 43.5 Å². The number of methoxy groups -OCH3 is 1. The van der Waals surface area contributed by atoms with Crippen LogP contribution in [-0.4, -0.2) is 59.6 Å². The monoisotopic (exact) mass is 584 g/mol. The molecule has 0 saturated heterocycles. The molecule has 2 aliphatic rings. The predicted molar refractivity (Wildman–Crippen MR) is 165 cm³/mol. The van der Waals surface area contributed by atoms with Crippen molar-refractivity contribution in [2.75, 3.05) is 19.0 Å². The van der Waals surface area contributed by atoms with Crippen LogP contribution in [0.2, 0.25) is 0 Å². The van der Waals surface area contributed by atoms with Gasteiger partial charge in [-0.25, -0.2) is 0 Å². The van der Waals surface area contributed by atoms with Gasteiger partial charge in [0.1, 0.15) is 18.0 Å². The van der Waals surface area contributed by atoms with E-state index in [1.165, 1.54) is 11.1 Å². The van der Waals surface area contributed by atoms with E-state index in [1.807, 2.05) is 42.5 Å². The Morgan fingerprint density at radius 3 is 2.40 bits per heavy atom. The first-order chi connectivity index (χ1) is 20.9. The third-order valence-electron chi connectivity index (χ3n) is 8.44. The highest BCUT2D eigenvalue weighted by Gasteiger charge is 2.36.